The van der Waals surface area contributed by atoms with Gasteiger partial charge in [0, 0.05) is 50.2 Å². The van der Waals surface area contributed by atoms with Crippen molar-refractivity contribution in [2.24, 2.45) is 0 Å². The minimum atomic E-state index is 0. The third-order valence-corrected chi connectivity index (χ3v) is 6.76. The molecule has 0 saturated heterocycles. The Hall–Kier alpha value is -4.21. The van der Waals surface area contributed by atoms with E-state index in [0.29, 0.717) is 5.71 Å². The Morgan fingerprint density at radius 3 is 2.41 bits per heavy atom. The maximum Gasteiger partial charge on any atom is 0.494 e. The fourth-order valence-electron chi connectivity index (χ4n) is 4.48. The van der Waals surface area contributed by atoms with E-state index in [0.717, 1.165) is 44.7 Å². The number of benzene rings is 3. The monoisotopic (exact) mass is 687 g/mol. The van der Waals surface area contributed by atoms with Crippen LogP contribution in [0.3, 0.4) is 0 Å². The molecule has 0 amide bonds. The van der Waals surface area contributed by atoms with Gasteiger partial charge in [-0.05, 0) is 36.6 Å². The van der Waals surface area contributed by atoms with Crippen molar-refractivity contribution in [3.05, 3.63) is 114 Å². The molecule has 0 spiro atoms. The van der Waals surface area contributed by atoms with Gasteiger partial charge in [0.2, 0.25) is 5.71 Å². The van der Waals surface area contributed by atoms with E-state index >= 15 is 0 Å². The van der Waals surface area contributed by atoms with Crippen molar-refractivity contribution in [2.45, 2.75) is 20.8 Å². The third kappa shape index (κ3) is 5.10. The van der Waals surface area contributed by atoms with Gasteiger partial charge in [0.15, 0.2) is 7.05 Å². The van der Waals surface area contributed by atoms with E-state index in [4.69, 9.17) is 4.42 Å². The summed E-state index contributed by atoms with van der Waals surface area (Å²) in [4.78, 5) is 8.68. The molecule has 39 heavy (non-hydrogen) atoms. The first-order valence-electron chi connectivity index (χ1n) is 12.5. The molecule has 0 bridgehead atoms. The number of para-hydroxylation sites is 2. The third-order valence-electron chi connectivity index (χ3n) is 6.76. The minimum Gasteiger partial charge on any atom is -0.465 e. The van der Waals surface area contributed by atoms with E-state index in [-0.39, 0.29) is 20.1 Å². The van der Waals surface area contributed by atoms with Gasteiger partial charge >= 0.3 is 6.01 Å². The van der Waals surface area contributed by atoms with Gasteiger partial charge in [0.1, 0.15) is 5.69 Å². The fraction of sp³-hybridized carbons (Fsp3) is 0.121. The quantitative estimate of drug-likeness (QED) is 0.140. The fourth-order valence-corrected chi connectivity index (χ4v) is 4.48. The van der Waals surface area contributed by atoms with Gasteiger partial charge < -0.3 is 9.40 Å². The molecule has 1 radical (unpaired) electrons. The van der Waals surface area contributed by atoms with Crippen LogP contribution in [0.25, 0.3) is 33.3 Å². The second kappa shape index (κ2) is 10.9. The number of pyridine rings is 2. The molecule has 0 atom stereocenters. The number of aryl methyl sites for hydroxylation is 3. The van der Waals surface area contributed by atoms with Crippen molar-refractivity contribution < 1.29 is 29.1 Å². The maximum absolute atomic E-state index is 5.87. The van der Waals surface area contributed by atoms with Crippen molar-refractivity contribution in [1.82, 2.24) is 14.5 Å². The van der Waals surface area contributed by atoms with Crippen molar-refractivity contribution in [1.29, 1.82) is 0 Å². The van der Waals surface area contributed by atoms with E-state index in [9.17, 15) is 0 Å². The molecule has 5 nitrogen and oxygen atoms in total. The van der Waals surface area contributed by atoms with Crippen LogP contribution in [0.1, 0.15) is 16.7 Å². The molecule has 4 heterocycles. The molecule has 0 aliphatic carbocycles. The molecule has 0 saturated carbocycles. The van der Waals surface area contributed by atoms with Gasteiger partial charge in [-0.3, -0.25) is 0 Å². The molecule has 1 aliphatic rings. The summed E-state index contributed by atoms with van der Waals surface area (Å²) in [6, 6.07) is 34.2. The number of furan rings is 1. The number of hydrogen-bond acceptors (Lipinski definition) is 3. The largest absolute Gasteiger partial charge is 0.494 e. The number of hydrogen-bond donors (Lipinski definition) is 0. The molecule has 3 aromatic heterocycles. The summed E-state index contributed by atoms with van der Waals surface area (Å²) < 4.78 is 9.84. The summed E-state index contributed by atoms with van der Waals surface area (Å²) in [6.45, 7) is 6.24. The van der Waals surface area contributed by atoms with Gasteiger partial charge in [-0.2, -0.15) is 6.07 Å². The summed E-state index contributed by atoms with van der Waals surface area (Å²) >= 11 is 0. The predicted molar refractivity (Wildman–Crippen MR) is 152 cm³/mol. The van der Waals surface area contributed by atoms with Crippen LogP contribution in [-0.2, 0) is 20.1 Å². The Kier molecular flexibility index (Phi) is 7.36. The SMILES string of the molecule is C[N+]1=C=[N+](c2[c-]cc3c(c2)oc2ncccc23)c2ccccc21.Cc1c[c-]c(-c2cc(C)c(C)cn2)cc1.[Ir]. The van der Waals surface area contributed by atoms with Crippen LogP contribution < -0.4 is 4.58 Å². The Morgan fingerprint density at radius 2 is 1.64 bits per heavy atom. The normalized spacial score (nSPS) is 11.8. The van der Waals surface area contributed by atoms with Crippen LogP contribution in [0.5, 0.6) is 0 Å². The number of aromatic nitrogens is 2. The Balaban J connectivity index is 0.000000169. The molecule has 6 heteroatoms. The molecule has 6 aromatic rings. The molecule has 0 N–H and O–H groups in total. The Bertz CT molecular complexity index is 1900. The molecule has 3 aromatic carbocycles. The molecule has 0 fully saturated rings. The Labute approximate surface area is 241 Å². The molecular weight excluding hydrogens is 661 g/mol. The van der Waals surface area contributed by atoms with Crippen molar-refractivity contribution in [3.63, 3.8) is 0 Å². The summed E-state index contributed by atoms with van der Waals surface area (Å²) in [5, 5.41) is 2.04. The zero-order chi connectivity index (χ0) is 26.2. The van der Waals surface area contributed by atoms with E-state index < -0.39 is 0 Å². The average molecular weight is 687 g/mol. The molecular formula is C33H26IrN4O. The van der Waals surface area contributed by atoms with Gasteiger partial charge in [0.25, 0.3) is 11.4 Å². The Morgan fingerprint density at radius 1 is 0.821 bits per heavy atom. The van der Waals surface area contributed by atoms with Crippen LogP contribution in [0, 0.1) is 32.9 Å². The number of nitrogens with zero attached hydrogens (tertiary/aromatic N) is 4. The van der Waals surface area contributed by atoms with Crippen LogP contribution in [0.2, 0.25) is 0 Å². The summed E-state index contributed by atoms with van der Waals surface area (Å²) in [5.41, 5.74) is 10.3. The average Bonchev–Trinajstić information content (AvgIpc) is 3.48. The van der Waals surface area contributed by atoms with E-state index in [1.165, 1.54) is 16.7 Å². The van der Waals surface area contributed by atoms with Gasteiger partial charge in [-0.1, -0.05) is 57.4 Å². The zero-order valence-electron chi connectivity index (χ0n) is 22.1. The first kappa shape index (κ1) is 26.4. The van der Waals surface area contributed by atoms with E-state index in [2.05, 4.69) is 79.2 Å². The van der Waals surface area contributed by atoms with Crippen molar-refractivity contribution in [2.75, 3.05) is 7.05 Å². The second-order valence-electron chi connectivity index (χ2n) is 9.47. The van der Waals surface area contributed by atoms with Crippen LogP contribution in [0.4, 0.5) is 17.1 Å². The molecule has 7 rings (SSSR count). The first-order chi connectivity index (χ1) is 18.5. The molecule has 0 unspecified atom stereocenters. The smallest absolute Gasteiger partial charge is 0.465 e. The second-order valence-corrected chi connectivity index (χ2v) is 9.47. The van der Waals surface area contributed by atoms with Gasteiger partial charge in [-0.25, -0.2) is 4.98 Å². The molecule has 193 valence electrons. The van der Waals surface area contributed by atoms with E-state index in [1.807, 2.05) is 64.9 Å². The summed E-state index contributed by atoms with van der Waals surface area (Å²) in [5.74, 6) is 0. The first-order valence-corrected chi connectivity index (χ1v) is 12.5. The minimum absolute atomic E-state index is 0. The predicted octanol–water partition coefficient (Wildman–Crippen LogP) is 7.55. The van der Waals surface area contributed by atoms with Crippen LogP contribution in [0.15, 0.2) is 89.6 Å². The molecule has 1 aliphatic heterocycles. The summed E-state index contributed by atoms with van der Waals surface area (Å²) in [6.07, 6.45) is 3.65. The number of fused-ring (bicyclic) bond motifs is 4. The van der Waals surface area contributed by atoms with Gasteiger partial charge in [-0.15, -0.1) is 41.5 Å². The summed E-state index contributed by atoms with van der Waals surface area (Å²) in [7, 11) is 1.99. The van der Waals surface area contributed by atoms with Crippen LogP contribution in [-0.4, -0.2) is 27.6 Å². The standard InChI is InChI=1S/C19H12N3O.C14H14N.Ir/c1-21-12-22(17-7-3-2-6-16(17)21)13-8-9-14-15-5-4-10-20-19(15)23-18(14)11-13;1-10-4-6-13(7-5-10)14-8-11(2)12(3)9-15-14;/h2-7,9-11H,1H3;4-6,8-9H,1-3H3;/q+1;-1;. The van der Waals surface area contributed by atoms with Gasteiger partial charge in [0.05, 0.1) is 0 Å². The topological polar surface area (TPSA) is 44.9 Å². The number of rotatable bonds is 2. The maximum atomic E-state index is 5.87. The van der Waals surface area contributed by atoms with Crippen molar-refractivity contribution in [3.8, 4) is 11.3 Å². The van der Waals surface area contributed by atoms with E-state index in [1.54, 1.807) is 6.20 Å². The van der Waals surface area contributed by atoms with Crippen molar-refractivity contribution >= 4 is 45.1 Å². The zero-order valence-corrected chi connectivity index (χ0v) is 24.5. The van der Waals surface area contributed by atoms with Crippen LogP contribution >= 0.6 is 0 Å².